The third-order valence-corrected chi connectivity index (χ3v) is 7.82. The molecule has 0 bridgehead atoms. The number of nitrogens with one attached hydrogen (secondary N) is 4. The molecule has 3 rings (SSSR count). The molecule has 4 atom stereocenters. The molecule has 45 heavy (non-hydrogen) atoms. The van der Waals surface area contributed by atoms with Crippen molar-refractivity contribution in [2.45, 2.75) is 122 Å². The summed E-state index contributed by atoms with van der Waals surface area (Å²) < 4.78 is 10.9. The fraction of sp³-hybridized carbons (Fsp3) is 0.606. The van der Waals surface area contributed by atoms with Crippen molar-refractivity contribution in [1.82, 2.24) is 25.9 Å². The summed E-state index contributed by atoms with van der Waals surface area (Å²) >= 11 is 0. The Hall–Kier alpha value is -3.93. The molecule has 3 amide bonds. The van der Waals surface area contributed by atoms with E-state index in [4.69, 9.17) is 9.47 Å². The van der Waals surface area contributed by atoms with Gasteiger partial charge in [-0.25, -0.2) is 14.6 Å². The van der Waals surface area contributed by atoms with E-state index >= 15 is 0 Å². The molecule has 1 aromatic heterocycles. The van der Waals surface area contributed by atoms with Crippen LogP contribution < -0.4 is 16.0 Å². The van der Waals surface area contributed by atoms with Crippen molar-refractivity contribution in [3.8, 4) is 0 Å². The van der Waals surface area contributed by atoms with Crippen LogP contribution in [-0.4, -0.2) is 74.4 Å². The minimum atomic E-state index is -1.96. The number of benzene rings is 1. The number of aromatic nitrogens is 2. The van der Waals surface area contributed by atoms with Gasteiger partial charge in [0.2, 0.25) is 11.8 Å². The summed E-state index contributed by atoms with van der Waals surface area (Å²) in [6, 6.07) is 5.91. The van der Waals surface area contributed by atoms with Crippen LogP contribution in [0, 0.1) is 5.92 Å². The molecular weight excluding hydrogens is 578 g/mol. The Morgan fingerprint density at radius 3 is 2.13 bits per heavy atom. The summed E-state index contributed by atoms with van der Waals surface area (Å²) in [6.45, 7) is 10.1. The van der Waals surface area contributed by atoms with Gasteiger partial charge in [-0.05, 0) is 59.9 Å². The number of esters is 1. The van der Waals surface area contributed by atoms with Gasteiger partial charge in [0.15, 0.2) is 5.60 Å². The topological polar surface area (TPSA) is 172 Å². The highest BCUT2D eigenvalue weighted by atomic mass is 16.6. The SMILES string of the molecule is CC(C)OC(=O)C(O)(C1CCCCC1)[C@H](C)NC(=O)[C@H](Cc1cnc[nH]1)NC(=O)[C@H](Cc1ccccc1)NC(=O)OC(C)(C)C. The maximum atomic E-state index is 13.8. The molecule has 1 saturated carbocycles. The lowest BCUT2D eigenvalue weighted by Gasteiger charge is -2.41. The number of alkyl carbamates (subject to hydrolysis) is 1. The summed E-state index contributed by atoms with van der Waals surface area (Å²) in [5.74, 6) is -2.41. The fourth-order valence-electron chi connectivity index (χ4n) is 5.58. The molecule has 12 nitrogen and oxygen atoms in total. The highest BCUT2D eigenvalue weighted by Gasteiger charge is 2.51. The lowest BCUT2D eigenvalue weighted by molar-refractivity contribution is -0.182. The first-order valence-corrected chi connectivity index (χ1v) is 15.7. The lowest BCUT2D eigenvalue weighted by Crippen LogP contribution is -2.64. The third kappa shape index (κ3) is 10.6. The van der Waals surface area contributed by atoms with Crippen molar-refractivity contribution in [2.75, 3.05) is 0 Å². The van der Waals surface area contributed by atoms with E-state index in [-0.39, 0.29) is 12.8 Å². The Morgan fingerprint density at radius 1 is 0.933 bits per heavy atom. The average Bonchev–Trinajstić information content (AvgIpc) is 3.48. The first-order chi connectivity index (χ1) is 21.2. The van der Waals surface area contributed by atoms with E-state index < -0.39 is 65.2 Å². The number of rotatable bonds is 13. The Kier molecular flexibility index (Phi) is 12.5. The molecule has 0 radical (unpaired) electrons. The minimum absolute atomic E-state index is 0.0348. The quantitative estimate of drug-likeness (QED) is 0.211. The Labute approximate surface area is 265 Å². The van der Waals surface area contributed by atoms with Gasteiger partial charge < -0.3 is 35.5 Å². The number of aliphatic hydroxyl groups is 1. The number of aromatic amines is 1. The highest BCUT2D eigenvalue weighted by Crippen LogP contribution is 2.36. The maximum Gasteiger partial charge on any atom is 0.408 e. The summed E-state index contributed by atoms with van der Waals surface area (Å²) in [7, 11) is 0. The van der Waals surface area contributed by atoms with Crippen molar-refractivity contribution in [2.24, 2.45) is 5.92 Å². The zero-order valence-electron chi connectivity index (χ0n) is 27.2. The van der Waals surface area contributed by atoms with Crippen molar-refractivity contribution >= 4 is 23.9 Å². The van der Waals surface area contributed by atoms with Crippen LogP contribution in [0.1, 0.15) is 84.9 Å². The zero-order chi connectivity index (χ0) is 33.2. The lowest BCUT2D eigenvalue weighted by atomic mass is 9.73. The molecule has 0 spiro atoms. The predicted molar refractivity (Wildman–Crippen MR) is 168 cm³/mol. The molecule has 2 aromatic rings. The van der Waals surface area contributed by atoms with Crippen LogP contribution >= 0.6 is 0 Å². The maximum absolute atomic E-state index is 13.8. The van der Waals surface area contributed by atoms with Crippen molar-refractivity contribution in [3.05, 3.63) is 54.1 Å². The third-order valence-electron chi connectivity index (χ3n) is 7.82. The molecule has 1 aliphatic rings. The molecule has 1 fully saturated rings. The van der Waals surface area contributed by atoms with Crippen LogP contribution in [0.3, 0.4) is 0 Å². The van der Waals surface area contributed by atoms with Gasteiger partial charge >= 0.3 is 12.1 Å². The van der Waals surface area contributed by atoms with Gasteiger partial charge in [0.25, 0.3) is 0 Å². The second-order valence-electron chi connectivity index (χ2n) is 13.1. The van der Waals surface area contributed by atoms with E-state index in [9.17, 15) is 24.3 Å². The predicted octanol–water partition coefficient (Wildman–Crippen LogP) is 3.34. The van der Waals surface area contributed by atoms with Gasteiger partial charge in [-0.3, -0.25) is 9.59 Å². The van der Waals surface area contributed by atoms with Gasteiger partial charge in [0.05, 0.1) is 18.5 Å². The molecule has 0 aliphatic heterocycles. The molecule has 12 heteroatoms. The van der Waals surface area contributed by atoms with Gasteiger partial charge in [-0.15, -0.1) is 0 Å². The van der Waals surface area contributed by atoms with Crippen molar-refractivity contribution in [3.63, 3.8) is 0 Å². The highest BCUT2D eigenvalue weighted by molar-refractivity contribution is 5.92. The largest absolute Gasteiger partial charge is 0.461 e. The molecule has 0 saturated heterocycles. The molecule has 248 valence electrons. The van der Waals surface area contributed by atoms with E-state index in [0.29, 0.717) is 18.5 Å². The second-order valence-corrected chi connectivity index (χ2v) is 13.1. The number of imidazole rings is 1. The minimum Gasteiger partial charge on any atom is -0.461 e. The van der Waals surface area contributed by atoms with E-state index in [1.54, 1.807) is 41.5 Å². The van der Waals surface area contributed by atoms with Crippen LogP contribution in [0.25, 0.3) is 0 Å². The van der Waals surface area contributed by atoms with Crippen LogP contribution in [0.5, 0.6) is 0 Å². The van der Waals surface area contributed by atoms with Gasteiger partial charge in [-0.2, -0.15) is 0 Å². The van der Waals surface area contributed by atoms with E-state index in [0.717, 1.165) is 24.8 Å². The van der Waals surface area contributed by atoms with E-state index in [1.165, 1.54) is 12.5 Å². The Morgan fingerprint density at radius 2 is 1.56 bits per heavy atom. The smallest absolute Gasteiger partial charge is 0.408 e. The van der Waals surface area contributed by atoms with Crippen molar-refractivity contribution in [1.29, 1.82) is 0 Å². The van der Waals surface area contributed by atoms with E-state index in [2.05, 4.69) is 25.9 Å². The second kappa shape index (κ2) is 15.9. The van der Waals surface area contributed by atoms with Gasteiger partial charge in [-0.1, -0.05) is 49.6 Å². The Balaban J connectivity index is 1.86. The van der Waals surface area contributed by atoms with E-state index in [1.807, 2.05) is 30.3 Å². The standard InChI is InChI=1S/C33H49N5O7/c1-21(2)44-30(41)33(43,24-15-11-8-12-16-24)22(3)36-28(39)27(18-25-19-34-20-35-25)37-29(40)26(17-23-13-9-7-10-14-23)38-31(42)45-32(4,5)6/h7,9-10,13-14,19-22,24,26-27,43H,8,11-12,15-18H2,1-6H3,(H,34,35)(H,36,39)(H,37,40)(H,38,42)/t22-,26-,27-,33?/m0/s1. The van der Waals surface area contributed by atoms with Crippen molar-refractivity contribution < 1.29 is 33.8 Å². The number of carbonyl (C=O) groups is 4. The number of hydrogen-bond donors (Lipinski definition) is 5. The van der Waals surface area contributed by atoms with Crippen LogP contribution in [0.4, 0.5) is 4.79 Å². The first-order valence-electron chi connectivity index (χ1n) is 15.7. The number of nitrogens with zero attached hydrogens (tertiary/aromatic N) is 1. The monoisotopic (exact) mass is 627 g/mol. The van der Waals surface area contributed by atoms with Crippen LogP contribution in [0.2, 0.25) is 0 Å². The number of amides is 3. The average molecular weight is 628 g/mol. The molecular formula is C33H49N5O7. The normalized spacial score (nSPS) is 17.3. The molecule has 1 aliphatic carbocycles. The fourth-order valence-corrected chi connectivity index (χ4v) is 5.58. The Bertz CT molecular complexity index is 1260. The number of ether oxygens (including phenoxy) is 2. The van der Waals surface area contributed by atoms with Gasteiger partial charge in [0, 0.05) is 30.7 Å². The summed E-state index contributed by atoms with van der Waals surface area (Å²) in [6.07, 6.45) is 5.90. The number of carbonyl (C=O) groups excluding carboxylic acids is 4. The van der Waals surface area contributed by atoms with Gasteiger partial charge in [0.1, 0.15) is 17.7 Å². The number of H-pyrrole nitrogens is 1. The number of hydrogen-bond acceptors (Lipinski definition) is 8. The molecule has 5 N–H and O–H groups in total. The first kappa shape index (κ1) is 35.5. The molecule has 1 unspecified atom stereocenters. The molecule has 1 aromatic carbocycles. The molecule has 1 heterocycles. The van der Waals surface area contributed by atoms with Crippen LogP contribution in [0.15, 0.2) is 42.9 Å². The summed E-state index contributed by atoms with van der Waals surface area (Å²) in [5, 5.41) is 20.1. The summed E-state index contributed by atoms with van der Waals surface area (Å²) in [5.41, 5.74) is -1.39. The summed E-state index contributed by atoms with van der Waals surface area (Å²) in [4.78, 5) is 60.6. The van der Waals surface area contributed by atoms with Crippen LogP contribution in [-0.2, 0) is 36.7 Å². The zero-order valence-corrected chi connectivity index (χ0v) is 27.2.